The standard InChI is InChI=1S/C16H24BrFO2/c1-10(16(2,3)4)7-12(17)11-8-14(19-5)15(20-6)9-13(11)18/h8-10,12H,7H2,1-6H3. The van der Waals surface area contributed by atoms with Crippen LogP contribution in [0.3, 0.4) is 0 Å². The lowest BCUT2D eigenvalue weighted by Gasteiger charge is -2.29. The van der Waals surface area contributed by atoms with Gasteiger partial charge < -0.3 is 9.47 Å². The Balaban J connectivity index is 3.01. The molecule has 0 saturated heterocycles. The van der Waals surface area contributed by atoms with E-state index >= 15 is 0 Å². The summed E-state index contributed by atoms with van der Waals surface area (Å²) < 4.78 is 24.5. The van der Waals surface area contributed by atoms with Crippen molar-refractivity contribution in [1.29, 1.82) is 0 Å². The van der Waals surface area contributed by atoms with Gasteiger partial charge in [-0.1, -0.05) is 43.6 Å². The zero-order chi connectivity index (χ0) is 15.5. The lowest BCUT2D eigenvalue weighted by molar-refractivity contribution is 0.246. The summed E-state index contributed by atoms with van der Waals surface area (Å²) in [5.41, 5.74) is 0.803. The Morgan fingerprint density at radius 1 is 1.15 bits per heavy atom. The fraction of sp³-hybridized carbons (Fsp3) is 0.625. The van der Waals surface area contributed by atoms with Crippen molar-refractivity contribution in [1.82, 2.24) is 0 Å². The van der Waals surface area contributed by atoms with Gasteiger partial charge in [0.25, 0.3) is 0 Å². The highest BCUT2D eigenvalue weighted by Gasteiger charge is 2.25. The first-order chi connectivity index (χ1) is 9.20. The van der Waals surface area contributed by atoms with Crippen molar-refractivity contribution in [3.63, 3.8) is 0 Å². The quantitative estimate of drug-likeness (QED) is 0.669. The predicted molar refractivity (Wildman–Crippen MR) is 84.4 cm³/mol. The minimum atomic E-state index is -0.273. The molecular weight excluding hydrogens is 323 g/mol. The molecule has 1 aromatic rings. The highest BCUT2D eigenvalue weighted by atomic mass is 79.9. The Morgan fingerprint density at radius 2 is 1.65 bits per heavy atom. The van der Waals surface area contributed by atoms with Crippen LogP contribution in [0.2, 0.25) is 0 Å². The minimum absolute atomic E-state index is 0.0449. The van der Waals surface area contributed by atoms with E-state index in [1.807, 2.05) is 0 Å². The Morgan fingerprint density at radius 3 is 2.10 bits per heavy atom. The fourth-order valence-corrected chi connectivity index (χ4v) is 2.81. The molecule has 0 radical (unpaired) electrons. The third kappa shape index (κ3) is 4.11. The summed E-state index contributed by atoms with van der Waals surface area (Å²) in [6.45, 7) is 8.78. The van der Waals surface area contributed by atoms with Crippen LogP contribution in [0.1, 0.15) is 44.5 Å². The second-order valence-corrected chi connectivity index (χ2v) is 7.30. The molecule has 0 bridgehead atoms. The van der Waals surface area contributed by atoms with Gasteiger partial charge in [-0.05, 0) is 23.8 Å². The van der Waals surface area contributed by atoms with Crippen LogP contribution in [0.25, 0.3) is 0 Å². The predicted octanol–water partition coefficient (Wildman–Crippen LogP) is 5.35. The molecule has 1 aromatic carbocycles. The lowest BCUT2D eigenvalue weighted by atomic mass is 9.79. The molecule has 1 rings (SSSR count). The maximum absolute atomic E-state index is 14.2. The maximum Gasteiger partial charge on any atom is 0.163 e. The number of ether oxygens (including phenoxy) is 2. The van der Waals surface area contributed by atoms with E-state index < -0.39 is 0 Å². The van der Waals surface area contributed by atoms with Crippen LogP contribution in [-0.4, -0.2) is 14.2 Å². The monoisotopic (exact) mass is 346 g/mol. The molecule has 0 aliphatic carbocycles. The first kappa shape index (κ1) is 17.3. The average molecular weight is 347 g/mol. The third-order valence-corrected chi connectivity index (χ3v) is 4.75. The number of rotatable bonds is 5. The van der Waals surface area contributed by atoms with Crippen molar-refractivity contribution in [2.24, 2.45) is 11.3 Å². The van der Waals surface area contributed by atoms with Gasteiger partial charge in [0.05, 0.1) is 14.2 Å². The number of alkyl halides is 1. The molecule has 0 aromatic heterocycles. The number of halogens is 2. The molecule has 0 heterocycles. The van der Waals surface area contributed by atoms with Gasteiger partial charge >= 0.3 is 0 Å². The minimum Gasteiger partial charge on any atom is -0.493 e. The van der Waals surface area contributed by atoms with E-state index in [2.05, 4.69) is 43.6 Å². The van der Waals surface area contributed by atoms with Crippen molar-refractivity contribution < 1.29 is 13.9 Å². The van der Waals surface area contributed by atoms with Gasteiger partial charge in [-0.3, -0.25) is 0 Å². The average Bonchev–Trinajstić information content (AvgIpc) is 2.36. The van der Waals surface area contributed by atoms with Gasteiger partial charge in [-0.15, -0.1) is 0 Å². The molecule has 0 saturated carbocycles. The molecule has 0 spiro atoms. The van der Waals surface area contributed by atoms with Gasteiger partial charge in [0.2, 0.25) is 0 Å². The molecule has 0 aliphatic rings. The van der Waals surface area contributed by atoms with Crippen molar-refractivity contribution in [2.75, 3.05) is 14.2 Å². The van der Waals surface area contributed by atoms with Crippen LogP contribution in [0.15, 0.2) is 12.1 Å². The summed E-state index contributed by atoms with van der Waals surface area (Å²) in [5, 5.41) is 0. The first-order valence-corrected chi connectivity index (χ1v) is 7.67. The molecule has 2 atom stereocenters. The van der Waals surface area contributed by atoms with Gasteiger partial charge in [0.15, 0.2) is 11.5 Å². The Kier molecular flexibility index (Phi) is 5.87. The molecule has 114 valence electrons. The zero-order valence-electron chi connectivity index (χ0n) is 13.1. The Bertz CT molecular complexity index is 455. The molecular formula is C16H24BrFO2. The van der Waals surface area contributed by atoms with Crippen LogP contribution in [0.5, 0.6) is 11.5 Å². The molecule has 20 heavy (non-hydrogen) atoms. The van der Waals surface area contributed by atoms with E-state index in [1.165, 1.54) is 13.2 Å². The van der Waals surface area contributed by atoms with Crippen LogP contribution < -0.4 is 9.47 Å². The maximum atomic E-state index is 14.2. The summed E-state index contributed by atoms with van der Waals surface area (Å²) >= 11 is 3.60. The Hall–Kier alpha value is -0.770. The number of hydrogen-bond acceptors (Lipinski definition) is 2. The summed E-state index contributed by atoms with van der Waals surface area (Å²) in [6.07, 6.45) is 0.857. The fourth-order valence-electron chi connectivity index (χ4n) is 1.90. The second kappa shape index (κ2) is 6.79. The molecule has 2 nitrogen and oxygen atoms in total. The zero-order valence-corrected chi connectivity index (χ0v) is 14.7. The normalized spacial score (nSPS) is 14.8. The summed E-state index contributed by atoms with van der Waals surface area (Å²) in [4.78, 5) is -0.0449. The molecule has 0 aliphatic heterocycles. The topological polar surface area (TPSA) is 18.5 Å². The third-order valence-electron chi connectivity index (χ3n) is 3.88. The largest absolute Gasteiger partial charge is 0.493 e. The van der Waals surface area contributed by atoms with E-state index in [4.69, 9.17) is 9.47 Å². The molecule has 0 N–H and O–H groups in total. The summed E-state index contributed by atoms with van der Waals surface area (Å²) in [5.74, 6) is 1.15. The van der Waals surface area contributed by atoms with E-state index in [0.29, 0.717) is 23.0 Å². The second-order valence-electron chi connectivity index (χ2n) is 6.20. The molecule has 0 fully saturated rings. The highest BCUT2D eigenvalue weighted by Crippen LogP contribution is 2.41. The number of hydrogen-bond donors (Lipinski definition) is 0. The molecule has 2 unspecified atom stereocenters. The van der Waals surface area contributed by atoms with Crippen molar-refractivity contribution in [3.05, 3.63) is 23.5 Å². The Labute approximate surface area is 129 Å². The van der Waals surface area contributed by atoms with Crippen LogP contribution in [0, 0.1) is 17.2 Å². The van der Waals surface area contributed by atoms with E-state index in [0.717, 1.165) is 6.42 Å². The number of benzene rings is 1. The van der Waals surface area contributed by atoms with Crippen molar-refractivity contribution >= 4 is 15.9 Å². The smallest absolute Gasteiger partial charge is 0.163 e. The van der Waals surface area contributed by atoms with E-state index in [1.54, 1.807) is 13.2 Å². The van der Waals surface area contributed by atoms with E-state index in [-0.39, 0.29) is 16.1 Å². The van der Waals surface area contributed by atoms with Crippen LogP contribution in [-0.2, 0) is 0 Å². The van der Waals surface area contributed by atoms with Crippen molar-refractivity contribution in [3.8, 4) is 11.5 Å². The summed E-state index contributed by atoms with van der Waals surface area (Å²) in [6, 6.07) is 3.09. The molecule has 0 amide bonds. The summed E-state index contributed by atoms with van der Waals surface area (Å²) in [7, 11) is 3.06. The van der Waals surface area contributed by atoms with Crippen LogP contribution in [0.4, 0.5) is 4.39 Å². The SMILES string of the molecule is COc1cc(F)c(C(Br)CC(C)C(C)(C)C)cc1OC. The van der Waals surface area contributed by atoms with Gasteiger partial charge in [0, 0.05) is 16.5 Å². The first-order valence-electron chi connectivity index (χ1n) is 6.76. The van der Waals surface area contributed by atoms with Gasteiger partial charge in [-0.2, -0.15) is 0 Å². The lowest BCUT2D eigenvalue weighted by Crippen LogP contribution is -2.18. The molecule has 4 heteroatoms. The number of methoxy groups -OCH3 is 2. The van der Waals surface area contributed by atoms with E-state index in [9.17, 15) is 4.39 Å². The van der Waals surface area contributed by atoms with Gasteiger partial charge in [0.1, 0.15) is 5.82 Å². The highest BCUT2D eigenvalue weighted by molar-refractivity contribution is 9.09. The van der Waals surface area contributed by atoms with Crippen molar-refractivity contribution in [2.45, 2.75) is 38.9 Å². The van der Waals surface area contributed by atoms with Crippen LogP contribution >= 0.6 is 15.9 Å². The van der Waals surface area contributed by atoms with Gasteiger partial charge in [-0.25, -0.2) is 4.39 Å².